The van der Waals surface area contributed by atoms with Crippen LogP contribution >= 0.6 is 22.9 Å². The van der Waals surface area contributed by atoms with Gasteiger partial charge in [-0.15, -0.1) is 11.3 Å². The summed E-state index contributed by atoms with van der Waals surface area (Å²) in [7, 11) is 0. The minimum Gasteiger partial charge on any atom is -0.226 e. The monoisotopic (exact) mass is 224 g/mol. The minimum atomic E-state index is 0.300. The molecule has 2 aromatic rings. The summed E-state index contributed by atoms with van der Waals surface area (Å²) in [4.78, 5) is 10.5. The van der Waals surface area contributed by atoms with Gasteiger partial charge in [0.15, 0.2) is 0 Å². The number of aromatic nitrogens is 2. The van der Waals surface area contributed by atoms with Crippen LogP contribution in [0, 0.1) is 0 Å². The quantitative estimate of drug-likeness (QED) is 0.731. The molecule has 2 aromatic heterocycles. The molecular weight excluding hydrogens is 216 g/mol. The number of hydrogen-bond acceptors (Lipinski definition) is 3. The van der Waals surface area contributed by atoms with Crippen molar-refractivity contribution < 1.29 is 0 Å². The molecule has 0 aliphatic carbocycles. The lowest BCUT2D eigenvalue weighted by atomic mass is 10.3. The summed E-state index contributed by atoms with van der Waals surface area (Å²) in [6.45, 7) is 2.14. The van der Waals surface area contributed by atoms with E-state index in [1.54, 1.807) is 17.5 Å². The molecule has 4 heteroatoms. The van der Waals surface area contributed by atoms with Crippen LogP contribution in [-0.4, -0.2) is 9.97 Å². The van der Waals surface area contributed by atoms with Gasteiger partial charge in [-0.1, -0.05) is 6.92 Å². The summed E-state index contributed by atoms with van der Waals surface area (Å²) in [5.41, 5.74) is 0.898. The van der Waals surface area contributed by atoms with Gasteiger partial charge in [-0.2, -0.15) is 0 Å². The number of halogens is 1. The first-order chi connectivity index (χ1) is 6.79. The van der Waals surface area contributed by atoms with Gasteiger partial charge < -0.3 is 0 Å². The van der Waals surface area contributed by atoms with Crippen molar-refractivity contribution in [3.63, 3.8) is 0 Å². The van der Waals surface area contributed by atoms with Gasteiger partial charge in [0.25, 0.3) is 0 Å². The summed E-state index contributed by atoms with van der Waals surface area (Å²) in [6, 6.07) is 6.06. The lowest BCUT2D eigenvalue weighted by Crippen LogP contribution is -1.83. The Morgan fingerprint density at radius 2 is 2.21 bits per heavy atom. The van der Waals surface area contributed by atoms with Crippen LogP contribution < -0.4 is 0 Å². The largest absolute Gasteiger partial charge is 0.226 e. The average molecular weight is 225 g/mol. The van der Waals surface area contributed by atoms with E-state index in [9.17, 15) is 0 Å². The Kier molecular flexibility index (Phi) is 2.79. The minimum absolute atomic E-state index is 0.300. The van der Waals surface area contributed by atoms with Gasteiger partial charge in [0.05, 0.1) is 10.6 Å². The lowest BCUT2D eigenvalue weighted by Gasteiger charge is -1.95. The number of hydrogen-bond donors (Lipinski definition) is 0. The van der Waals surface area contributed by atoms with Crippen LogP contribution in [0.25, 0.3) is 10.6 Å². The Hall–Kier alpha value is -0.930. The summed E-state index contributed by atoms with van der Waals surface area (Å²) in [5, 5.41) is 0.300. The SMILES string of the molecule is CCc1ccc(-c2ccnc(Cl)n2)s1. The molecule has 2 nitrogen and oxygen atoms in total. The molecule has 0 aliphatic rings. The molecule has 2 heterocycles. The van der Waals surface area contributed by atoms with E-state index in [2.05, 4.69) is 29.0 Å². The molecular formula is C10H9ClN2S. The first kappa shape index (κ1) is 9.62. The molecule has 0 amide bonds. The van der Waals surface area contributed by atoms with E-state index >= 15 is 0 Å². The summed E-state index contributed by atoms with van der Waals surface area (Å²) in [6.07, 6.45) is 2.74. The van der Waals surface area contributed by atoms with E-state index < -0.39 is 0 Å². The van der Waals surface area contributed by atoms with Crippen LogP contribution in [-0.2, 0) is 6.42 Å². The van der Waals surface area contributed by atoms with Crippen LogP contribution in [0.5, 0.6) is 0 Å². The third-order valence-corrected chi connectivity index (χ3v) is 3.32. The number of nitrogens with zero attached hydrogens (tertiary/aromatic N) is 2. The predicted octanol–water partition coefficient (Wildman–Crippen LogP) is 3.42. The molecule has 0 fully saturated rings. The van der Waals surface area contributed by atoms with Gasteiger partial charge in [-0.05, 0) is 36.2 Å². The van der Waals surface area contributed by atoms with Crippen LogP contribution in [0.2, 0.25) is 5.28 Å². The van der Waals surface area contributed by atoms with Crippen LogP contribution in [0.4, 0.5) is 0 Å². The van der Waals surface area contributed by atoms with Crippen LogP contribution in [0.15, 0.2) is 24.4 Å². The molecule has 0 saturated carbocycles. The Labute approximate surface area is 91.6 Å². The van der Waals surface area contributed by atoms with Crippen molar-refractivity contribution in [1.82, 2.24) is 9.97 Å². The van der Waals surface area contributed by atoms with Crippen molar-refractivity contribution in [2.24, 2.45) is 0 Å². The second kappa shape index (κ2) is 4.07. The fourth-order valence-electron chi connectivity index (χ4n) is 1.18. The van der Waals surface area contributed by atoms with Crippen molar-refractivity contribution in [1.29, 1.82) is 0 Å². The second-order valence-electron chi connectivity index (χ2n) is 2.83. The predicted molar refractivity (Wildman–Crippen MR) is 59.7 cm³/mol. The van der Waals surface area contributed by atoms with Crippen molar-refractivity contribution in [3.05, 3.63) is 34.6 Å². The van der Waals surface area contributed by atoms with Gasteiger partial charge in [0.1, 0.15) is 0 Å². The highest BCUT2D eigenvalue weighted by molar-refractivity contribution is 7.15. The van der Waals surface area contributed by atoms with Crippen molar-refractivity contribution in [3.8, 4) is 10.6 Å². The zero-order valence-corrected chi connectivity index (χ0v) is 9.27. The standard InChI is InChI=1S/C10H9ClN2S/c1-2-7-3-4-9(14-7)8-5-6-12-10(11)13-8/h3-6H,2H2,1H3. The van der Waals surface area contributed by atoms with Crippen molar-refractivity contribution in [2.45, 2.75) is 13.3 Å². The molecule has 0 aromatic carbocycles. The molecule has 14 heavy (non-hydrogen) atoms. The van der Waals surface area contributed by atoms with Gasteiger partial charge in [0, 0.05) is 11.1 Å². The molecule has 0 unspecified atom stereocenters. The molecule has 0 aliphatic heterocycles. The van der Waals surface area contributed by atoms with E-state index in [-0.39, 0.29) is 0 Å². The van der Waals surface area contributed by atoms with E-state index in [4.69, 9.17) is 11.6 Å². The molecule has 2 rings (SSSR count). The highest BCUT2D eigenvalue weighted by Crippen LogP contribution is 2.26. The molecule has 0 bridgehead atoms. The van der Waals surface area contributed by atoms with E-state index in [1.807, 2.05) is 6.07 Å². The molecule has 0 spiro atoms. The Morgan fingerprint density at radius 1 is 1.36 bits per heavy atom. The summed E-state index contributed by atoms with van der Waals surface area (Å²) >= 11 is 7.46. The smallest absolute Gasteiger partial charge is 0.222 e. The summed E-state index contributed by atoms with van der Waals surface area (Å²) in [5.74, 6) is 0. The summed E-state index contributed by atoms with van der Waals surface area (Å²) < 4.78 is 0. The number of aryl methyl sites for hydroxylation is 1. The number of thiophene rings is 1. The van der Waals surface area contributed by atoms with Gasteiger partial charge in [-0.25, -0.2) is 9.97 Å². The molecule has 0 radical (unpaired) electrons. The maximum atomic E-state index is 5.72. The van der Waals surface area contributed by atoms with E-state index in [0.29, 0.717) is 5.28 Å². The Balaban J connectivity index is 2.39. The average Bonchev–Trinajstić information content (AvgIpc) is 2.66. The lowest BCUT2D eigenvalue weighted by molar-refractivity contribution is 1.18. The normalized spacial score (nSPS) is 10.4. The maximum Gasteiger partial charge on any atom is 0.222 e. The zero-order valence-electron chi connectivity index (χ0n) is 7.70. The number of rotatable bonds is 2. The topological polar surface area (TPSA) is 25.8 Å². The fourth-order valence-corrected chi connectivity index (χ4v) is 2.24. The molecule has 0 atom stereocenters. The van der Waals surface area contributed by atoms with Gasteiger partial charge in [-0.3, -0.25) is 0 Å². The maximum absolute atomic E-state index is 5.72. The van der Waals surface area contributed by atoms with Crippen molar-refractivity contribution >= 4 is 22.9 Å². The highest BCUT2D eigenvalue weighted by Gasteiger charge is 2.03. The molecule has 0 saturated heterocycles. The Bertz CT molecular complexity index is 439. The third kappa shape index (κ3) is 1.94. The second-order valence-corrected chi connectivity index (χ2v) is 4.34. The van der Waals surface area contributed by atoms with Gasteiger partial charge >= 0.3 is 0 Å². The molecule has 0 N–H and O–H groups in total. The van der Waals surface area contributed by atoms with E-state index in [0.717, 1.165) is 17.0 Å². The first-order valence-corrected chi connectivity index (χ1v) is 5.56. The highest BCUT2D eigenvalue weighted by atomic mass is 35.5. The van der Waals surface area contributed by atoms with E-state index in [1.165, 1.54) is 4.88 Å². The van der Waals surface area contributed by atoms with Crippen LogP contribution in [0.1, 0.15) is 11.8 Å². The fraction of sp³-hybridized carbons (Fsp3) is 0.200. The van der Waals surface area contributed by atoms with Crippen molar-refractivity contribution in [2.75, 3.05) is 0 Å². The molecule has 72 valence electrons. The third-order valence-electron chi connectivity index (χ3n) is 1.89. The van der Waals surface area contributed by atoms with Crippen LogP contribution in [0.3, 0.4) is 0 Å². The van der Waals surface area contributed by atoms with Gasteiger partial charge in [0.2, 0.25) is 5.28 Å². The first-order valence-electron chi connectivity index (χ1n) is 4.37. The Morgan fingerprint density at radius 3 is 2.86 bits per heavy atom. The zero-order chi connectivity index (χ0) is 9.97.